The zero-order chi connectivity index (χ0) is 36.1. The molecule has 0 N–H and O–H groups in total. The van der Waals surface area contributed by atoms with Gasteiger partial charge in [0.1, 0.15) is 6.79 Å². The van der Waals surface area contributed by atoms with Gasteiger partial charge in [-0.1, -0.05) is 108 Å². The SMILES string of the molecule is CCCCSC(CC(=O)OC)[C@@H](OCOCCOC)[C@@H](CCCCC[C@H](C)OC(C)=O)O[Si](c1ccccc1)(c1ccccc1)C(C)(C)C. The van der Waals surface area contributed by atoms with Crippen molar-refractivity contribution in [2.75, 3.05) is 40.0 Å². The van der Waals surface area contributed by atoms with E-state index in [0.29, 0.717) is 13.2 Å². The van der Waals surface area contributed by atoms with Gasteiger partial charge in [0.15, 0.2) is 0 Å². The van der Waals surface area contributed by atoms with Crippen molar-refractivity contribution < 1.29 is 37.7 Å². The molecule has 0 aromatic heterocycles. The van der Waals surface area contributed by atoms with Gasteiger partial charge in [-0.15, -0.1) is 0 Å². The van der Waals surface area contributed by atoms with Crippen LogP contribution in [0.15, 0.2) is 60.7 Å². The zero-order valence-electron chi connectivity index (χ0n) is 31.2. The van der Waals surface area contributed by atoms with Crippen LogP contribution in [0.25, 0.3) is 0 Å². The van der Waals surface area contributed by atoms with Gasteiger partial charge in [0.05, 0.1) is 45.1 Å². The van der Waals surface area contributed by atoms with Crippen LogP contribution in [0.5, 0.6) is 0 Å². The minimum atomic E-state index is -3.00. The molecule has 10 heteroatoms. The number of hydrogen-bond donors (Lipinski definition) is 0. The first-order valence-corrected chi connectivity index (χ1v) is 20.8. The summed E-state index contributed by atoms with van der Waals surface area (Å²) in [6.07, 6.45) is 5.61. The summed E-state index contributed by atoms with van der Waals surface area (Å²) in [5.41, 5.74) is 0. The lowest BCUT2D eigenvalue weighted by atomic mass is 10.0. The van der Waals surface area contributed by atoms with Crippen molar-refractivity contribution in [1.29, 1.82) is 0 Å². The maximum atomic E-state index is 12.9. The molecule has 0 aliphatic rings. The highest BCUT2D eigenvalue weighted by Gasteiger charge is 2.53. The molecule has 0 heterocycles. The molecule has 1 unspecified atom stereocenters. The van der Waals surface area contributed by atoms with E-state index < -0.39 is 14.4 Å². The number of benzene rings is 2. The average molecular weight is 719 g/mol. The fraction of sp³-hybridized carbons (Fsp3) is 0.641. The standard InChI is InChI=1S/C39H62O8SSi/c1-9-10-28-48-36(29-37(41)43-8)38(45-30-44-27-26-42-7)35(25-19-11-14-20-31(2)46-32(3)40)47-49(39(4,5)6,33-21-15-12-16-22-33)34-23-17-13-18-24-34/h12-13,15-18,21-24,31,35-36,38H,9-11,14,19-20,25-30H2,1-8H3/t31-,35+,36?,38-/m0/s1. The largest absolute Gasteiger partial charge is 0.469 e. The first-order chi connectivity index (χ1) is 23.5. The zero-order valence-corrected chi connectivity index (χ0v) is 33.1. The molecule has 0 spiro atoms. The highest BCUT2D eigenvalue weighted by Crippen LogP contribution is 2.40. The van der Waals surface area contributed by atoms with E-state index in [9.17, 15) is 9.59 Å². The second kappa shape index (κ2) is 23.3. The molecule has 49 heavy (non-hydrogen) atoms. The van der Waals surface area contributed by atoms with Crippen LogP contribution in [-0.2, 0) is 37.7 Å². The van der Waals surface area contributed by atoms with Gasteiger partial charge < -0.3 is 28.1 Å². The number of methoxy groups -OCH3 is 2. The minimum absolute atomic E-state index is 0.0561. The van der Waals surface area contributed by atoms with Crippen LogP contribution in [0.1, 0.15) is 92.9 Å². The van der Waals surface area contributed by atoms with E-state index in [4.69, 9.17) is 28.1 Å². The summed E-state index contributed by atoms with van der Waals surface area (Å²) >= 11 is 1.75. The van der Waals surface area contributed by atoms with Crippen LogP contribution in [0.4, 0.5) is 0 Å². The van der Waals surface area contributed by atoms with E-state index in [1.165, 1.54) is 24.4 Å². The Bertz CT molecular complexity index is 1140. The van der Waals surface area contributed by atoms with Crippen molar-refractivity contribution in [2.24, 2.45) is 0 Å². The lowest BCUT2D eigenvalue weighted by molar-refractivity contribution is -0.146. The van der Waals surface area contributed by atoms with E-state index in [1.54, 1.807) is 18.9 Å². The summed E-state index contributed by atoms with van der Waals surface area (Å²) in [4.78, 5) is 24.4. The first-order valence-electron chi connectivity index (χ1n) is 17.8. The summed E-state index contributed by atoms with van der Waals surface area (Å²) < 4.78 is 36.1. The van der Waals surface area contributed by atoms with Crippen LogP contribution >= 0.6 is 11.8 Å². The summed E-state index contributed by atoms with van der Waals surface area (Å²) in [5, 5.41) is 1.91. The molecule has 2 rings (SSSR count). The highest BCUT2D eigenvalue weighted by atomic mass is 32.2. The van der Waals surface area contributed by atoms with Gasteiger partial charge in [0.25, 0.3) is 8.32 Å². The Hall–Kier alpha value is -2.21. The molecule has 276 valence electrons. The molecule has 4 atom stereocenters. The van der Waals surface area contributed by atoms with Crippen molar-refractivity contribution in [3.8, 4) is 0 Å². The Morgan fingerprint density at radius 3 is 2.00 bits per heavy atom. The predicted molar refractivity (Wildman–Crippen MR) is 202 cm³/mol. The molecule has 0 bridgehead atoms. The predicted octanol–water partition coefficient (Wildman–Crippen LogP) is 7.30. The maximum Gasteiger partial charge on any atom is 0.306 e. The molecule has 0 aliphatic carbocycles. The van der Waals surface area contributed by atoms with E-state index in [0.717, 1.165) is 50.7 Å². The molecule has 0 fully saturated rings. The molecule has 0 amide bonds. The summed E-state index contributed by atoms with van der Waals surface area (Å²) in [7, 11) is 0.0847. The molecule has 0 saturated carbocycles. The molecular weight excluding hydrogens is 657 g/mol. The van der Waals surface area contributed by atoms with Gasteiger partial charge in [-0.25, -0.2) is 0 Å². The van der Waals surface area contributed by atoms with Crippen molar-refractivity contribution in [2.45, 2.75) is 122 Å². The van der Waals surface area contributed by atoms with Crippen LogP contribution in [0.3, 0.4) is 0 Å². The summed E-state index contributed by atoms with van der Waals surface area (Å²) in [6, 6.07) is 21.2. The fourth-order valence-electron chi connectivity index (χ4n) is 6.18. The van der Waals surface area contributed by atoms with Crippen LogP contribution in [-0.4, -0.2) is 83.8 Å². The van der Waals surface area contributed by atoms with Crippen LogP contribution < -0.4 is 10.4 Å². The number of unbranched alkanes of at least 4 members (excludes halogenated alkanes) is 3. The van der Waals surface area contributed by atoms with Gasteiger partial charge in [-0.3, -0.25) is 9.59 Å². The number of ether oxygens (including phenoxy) is 5. The Kier molecular flexibility index (Phi) is 20.4. The van der Waals surface area contributed by atoms with E-state index >= 15 is 0 Å². The van der Waals surface area contributed by atoms with Crippen molar-refractivity contribution >= 4 is 42.4 Å². The van der Waals surface area contributed by atoms with E-state index in [-0.39, 0.29) is 47.6 Å². The number of rotatable bonds is 25. The minimum Gasteiger partial charge on any atom is -0.469 e. The quantitative estimate of drug-likeness (QED) is 0.0454. The Morgan fingerprint density at radius 2 is 1.47 bits per heavy atom. The van der Waals surface area contributed by atoms with Gasteiger partial charge in [-0.2, -0.15) is 11.8 Å². The van der Waals surface area contributed by atoms with Crippen molar-refractivity contribution in [1.82, 2.24) is 0 Å². The topological polar surface area (TPSA) is 89.5 Å². The molecule has 2 aromatic carbocycles. The number of esters is 2. The van der Waals surface area contributed by atoms with Gasteiger partial charge in [-0.05, 0) is 53.8 Å². The lowest BCUT2D eigenvalue weighted by Gasteiger charge is -2.47. The maximum absolute atomic E-state index is 12.9. The molecule has 0 radical (unpaired) electrons. The fourth-order valence-corrected chi connectivity index (χ4v) is 12.4. The molecule has 0 aliphatic heterocycles. The Labute approximate surface area is 301 Å². The molecule has 2 aromatic rings. The lowest BCUT2D eigenvalue weighted by Crippen LogP contribution is -2.69. The smallest absolute Gasteiger partial charge is 0.306 e. The third-order valence-electron chi connectivity index (χ3n) is 8.65. The van der Waals surface area contributed by atoms with E-state index in [2.05, 4.69) is 76.2 Å². The van der Waals surface area contributed by atoms with Gasteiger partial charge >= 0.3 is 11.9 Å². The third kappa shape index (κ3) is 14.5. The third-order valence-corrected chi connectivity index (χ3v) is 15.1. The van der Waals surface area contributed by atoms with Gasteiger partial charge in [0.2, 0.25) is 0 Å². The van der Waals surface area contributed by atoms with E-state index in [1.807, 2.05) is 19.1 Å². The molecule has 8 nitrogen and oxygen atoms in total. The number of hydrogen-bond acceptors (Lipinski definition) is 9. The first kappa shape index (κ1) is 43.0. The molecule has 0 saturated heterocycles. The van der Waals surface area contributed by atoms with Crippen LogP contribution in [0, 0.1) is 0 Å². The summed E-state index contributed by atoms with van der Waals surface area (Å²) in [5.74, 6) is 0.366. The Balaban J connectivity index is 2.65. The normalized spacial score (nSPS) is 14.5. The highest BCUT2D eigenvalue weighted by molar-refractivity contribution is 7.99. The van der Waals surface area contributed by atoms with Crippen molar-refractivity contribution in [3.05, 3.63) is 60.7 Å². The average Bonchev–Trinajstić information content (AvgIpc) is 3.07. The van der Waals surface area contributed by atoms with Gasteiger partial charge in [0, 0.05) is 19.3 Å². The van der Waals surface area contributed by atoms with Crippen LogP contribution in [0.2, 0.25) is 5.04 Å². The second-order valence-electron chi connectivity index (χ2n) is 13.6. The number of thioether (sulfide) groups is 1. The summed E-state index contributed by atoms with van der Waals surface area (Å²) in [6.45, 7) is 13.3. The monoisotopic (exact) mass is 718 g/mol. The second-order valence-corrected chi connectivity index (χ2v) is 19.2. The number of carbonyl (C=O) groups is 2. The number of carbonyl (C=O) groups excluding carboxylic acids is 2. The molecular formula is C39H62O8SSi. The van der Waals surface area contributed by atoms with Crippen molar-refractivity contribution in [3.63, 3.8) is 0 Å². The Morgan fingerprint density at radius 1 is 0.857 bits per heavy atom.